The van der Waals surface area contributed by atoms with Gasteiger partial charge in [-0.15, -0.1) is 0 Å². The van der Waals surface area contributed by atoms with E-state index in [-0.39, 0.29) is 5.97 Å². The van der Waals surface area contributed by atoms with E-state index in [1.807, 2.05) is 44.2 Å². The van der Waals surface area contributed by atoms with Crippen LogP contribution in [0.1, 0.15) is 29.9 Å². The second kappa shape index (κ2) is 6.09. The van der Waals surface area contributed by atoms with E-state index < -0.39 is 6.04 Å². The molecule has 2 rings (SSSR count). The Morgan fingerprint density at radius 2 is 2.00 bits per heavy atom. The lowest BCUT2D eigenvalue weighted by molar-refractivity contribution is -0.146. The molecule has 20 heavy (non-hydrogen) atoms. The molecule has 0 fully saturated rings. The quantitative estimate of drug-likeness (QED) is 0.812. The maximum Gasteiger partial charge on any atom is 0.335 e. The maximum absolute atomic E-state index is 12.3. The van der Waals surface area contributed by atoms with Crippen molar-refractivity contribution in [1.82, 2.24) is 9.78 Å². The minimum atomic E-state index is -0.609. The van der Waals surface area contributed by atoms with Crippen LogP contribution in [-0.4, -0.2) is 22.4 Å². The van der Waals surface area contributed by atoms with Crippen molar-refractivity contribution in [2.24, 2.45) is 0 Å². The largest absolute Gasteiger partial charge is 0.464 e. The Hall–Kier alpha value is -1.81. The van der Waals surface area contributed by atoms with Crippen LogP contribution in [0.2, 0.25) is 5.02 Å². The smallest absolute Gasteiger partial charge is 0.335 e. The summed E-state index contributed by atoms with van der Waals surface area (Å²) in [6, 6.07) is 8.82. The fourth-order valence-corrected chi connectivity index (χ4v) is 2.25. The van der Waals surface area contributed by atoms with Crippen LogP contribution in [0.15, 0.2) is 30.3 Å². The van der Waals surface area contributed by atoms with Crippen LogP contribution >= 0.6 is 11.6 Å². The Morgan fingerprint density at radius 1 is 1.35 bits per heavy atom. The first-order valence-electron chi connectivity index (χ1n) is 6.49. The highest BCUT2D eigenvalue weighted by Gasteiger charge is 2.27. The SMILES string of the molecule is CCOC(=O)C(c1ccccc1)n1nc(C)c(Cl)c1C. The first-order valence-corrected chi connectivity index (χ1v) is 6.86. The highest BCUT2D eigenvalue weighted by Crippen LogP contribution is 2.27. The molecule has 0 spiro atoms. The average Bonchev–Trinajstić information content (AvgIpc) is 2.69. The van der Waals surface area contributed by atoms with Crippen molar-refractivity contribution in [1.29, 1.82) is 0 Å². The molecule has 1 aromatic heterocycles. The van der Waals surface area contributed by atoms with Gasteiger partial charge >= 0.3 is 5.97 Å². The lowest BCUT2D eigenvalue weighted by atomic mass is 10.1. The molecule has 0 bridgehead atoms. The third-order valence-electron chi connectivity index (χ3n) is 3.11. The van der Waals surface area contributed by atoms with Crippen molar-refractivity contribution in [2.45, 2.75) is 26.8 Å². The molecular weight excluding hydrogens is 276 g/mol. The van der Waals surface area contributed by atoms with Gasteiger partial charge in [0.15, 0.2) is 6.04 Å². The van der Waals surface area contributed by atoms with Crippen molar-refractivity contribution in [2.75, 3.05) is 6.61 Å². The van der Waals surface area contributed by atoms with Crippen LogP contribution < -0.4 is 0 Å². The molecule has 106 valence electrons. The number of hydrogen-bond acceptors (Lipinski definition) is 3. The fourth-order valence-electron chi connectivity index (χ4n) is 2.13. The first kappa shape index (κ1) is 14.6. The third-order valence-corrected chi connectivity index (χ3v) is 3.65. The van der Waals surface area contributed by atoms with Gasteiger partial charge in [-0.1, -0.05) is 41.9 Å². The minimum absolute atomic E-state index is 0.329. The van der Waals surface area contributed by atoms with Crippen molar-refractivity contribution < 1.29 is 9.53 Å². The molecule has 1 aromatic carbocycles. The molecule has 1 heterocycles. The zero-order valence-electron chi connectivity index (χ0n) is 11.8. The molecular formula is C15H17ClN2O2. The van der Waals surface area contributed by atoms with Crippen LogP contribution in [0.25, 0.3) is 0 Å². The number of aromatic nitrogens is 2. The van der Waals surface area contributed by atoms with E-state index in [1.54, 1.807) is 11.6 Å². The van der Waals surface area contributed by atoms with E-state index in [4.69, 9.17) is 16.3 Å². The maximum atomic E-state index is 12.3. The summed E-state index contributed by atoms with van der Waals surface area (Å²) in [7, 11) is 0. The lowest BCUT2D eigenvalue weighted by Gasteiger charge is -2.18. The van der Waals surface area contributed by atoms with Crippen molar-refractivity contribution in [3.63, 3.8) is 0 Å². The Labute approximate surface area is 123 Å². The number of ether oxygens (including phenoxy) is 1. The Balaban J connectivity index is 2.52. The average molecular weight is 293 g/mol. The number of carbonyl (C=O) groups is 1. The molecule has 1 unspecified atom stereocenters. The van der Waals surface area contributed by atoms with Gasteiger partial charge in [0.05, 0.1) is 23.0 Å². The van der Waals surface area contributed by atoms with Crippen molar-refractivity contribution in [3.8, 4) is 0 Å². The number of benzene rings is 1. The van der Waals surface area contributed by atoms with E-state index in [1.165, 1.54) is 0 Å². The molecule has 4 nitrogen and oxygen atoms in total. The summed E-state index contributed by atoms with van der Waals surface area (Å²) in [6.45, 7) is 5.78. The van der Waals surface area contributed by atoms with E-state index in [9.17, 15) is 4.79 Å². The summed E-state index contributed by atoms with van der Waals surface area (Å²) in [5.74, 6) is -0.332. The van der Waals surface area contributed by atoms with Gasteiger partial charge in [-0.05, 0) is 26.3 Å². The molecule has 0 aliphatic heterocycles. The van der Waals surface area contributed by atoms with Gasteiger partial charge in [0.25, 0.3) is 0 Å². The van der Waals surface area contributed by atoms with E-state index in [0.717, 1.165) is 11.3 Å². The van der Waals surface area contributed by atoms with Crippen molar-refractivity contribution >= 4 is 17.6 Å². The molecule has 0 N–H and O–H groups in total. The summed E-state index contributed by atoms with van der Waals surface area (Å²) < 4.78 is 6.80. The van der Waals surface area contributed by atoms with Gasteiger partial charge < -0.3 is 4.74 Å². The number of hydrogen-bond donors (Lipinski definition) is 0. The zero-order chi connectivity index (χ0) is 14.7. The second-order valence-corrected chi connectivity index (χ2v) is 4.87. The Morgan fingerprint density at radius 3 is 2.50 bits per heavy atom. The highest BCUT2D eigenvalue weighted by atomic mass is 35.5. The molecule has 2 aromatic rings. The monoisotopic (exact) mass is 292 g/mol. The van der Waals surface area contributed by atoms with Gasteiger partial charge in [0, 0.05) is 0 Å². The summed E-state index contributed by atoms with van der Waals surface area (Å²) in [5, 5.41) is 4.95. The van der Waals surface area contributed by atoms with Crippen LogP contribution in [0.3, 0.4) is 0 Å². The van der Waals surface area contributed by atoms with Gasteiger partial charge in [0.2, 0.25) is 0 Å². The third kappa shape index (κ3) is 2.70. The number of carbonyl (C=O) groups excluding carboxylic acids is 1. The summed E-state index contributed by atoms with van der Waals surface area (Å²) in [5.41, 5.74) is 2.29. The van der Waals surface area contributed by atoms with Gasteiger partial charge in [0.1, 0.15) is 0 Å². The van der Waals surface area contributed by atoms with Gasteiger partial charge in [-0.2, -0.15) is 5.10 Å². The molecule has 0 radical (unpaired) electrons. The summed E-state index contributed by atoms with van der Waals surface area (Å²) in [6.07, 6.45) is 0. The predicted octanol–water partition coefficient (Wildman–Crippen LogP) is 3.31. The molecule has 0 aliphatic carbocycles. The molecule has 0 aliphatic rings. The number of rotatable bonds is 4. The highest BCUT2D eigenvalue weighted by molar-refractivity contribution is 6.31. The lowest BCUT2D eigenvalue weighted by Crippen LogP contribution is -2.25. The number of esters is 1. The van der Waals surface area contributed by atoms with Crippen LogP contribution in [0.4, 0.5) is 0 Å². The van der Waals surface area contributed by atoms with Gasteiger partial charge in [-0.3, -0.25) is 0 Å². The van der Waals surface area contributed by atoms with Crippen molar-refractivity contribution in [3.05, 3.63) is 52.3 Å². The zero-order valence-corrected chi connectivity index (χ0v) is 12.5. The molecule has 0 saturated heterocycles. The van der Waals surface area contributed by atoms with E-state index >= 15 is 0 Å². The molecule has 5 heteroatoms. The van der Waals surface area contributed by atoms with E-state index in [0.29, 0.717) is 17.3 Å². The normalized spacial score (nSPS) is 12.2. The standard InChI is InChI=1S/C15H17ClN2O2/c1-4-20-15(19)14(12-8-6-5-7-9-12)18-11(3)13(16)10(2)17-18/h5-9,14H,4H2,1-3H3. The topological polar surface area (TPSA) is 44.1 Å². The van der Waals surface area contributed by atoms with E-state index in [2.05, 4.69) is 5.10 Å². The predicted molar refractivity (Wildman–Crippen MR) is 77.9 cm³/mol. The Bertz CT molecular complexity index is 608. The van der Waals surface area contributed by atoms with Gasteiger partial charge in [-0.25, -0.2) is 9.48 Å². The molecule has 0 saturated carbocycles. The van der Waals surface area contributed by atoms with Crippen LogP contribution in [0.5, 0.6) is 0 Å². The Kier molecular flexibility index (Phi) is 4.45. The summed E-state index contributed by atoms with van der Waals surface area (Å²) >= 11 is 6.18. The minimum Gasteiger partial charge on any atom is -0.464 e. The molecule has 1 atom stereocenters. The van der Waals surface area contributed by atoms with Crippen LogP contribution in [-0.2, 0) is 9.53 Å². The number of halogens is 1. The summed E-state index contributed by atoms with van der Waals surface area (Å²) in [4.78, 5) is 12.3. The molecule has 0 amide bonds. The first-order chi connectivity index (χ1) is 9.56. The fraction of sp³-hybridized carbons (Fsp3) is 0.333. The second-order valence-electron chi connectivity index (χ2n) is 4.49. The number of nitrogens with zero attached hydrogens (tertiary/aromatic N) is 2. The van der Waals surface area contributed by atoms with Crippen LogP contribution in [0, 0.1) is 13.8 Å². The number of aryl methyl sites for hydroxylation is 1.